The predicted octanol–water partition coefficient (Wildman–Crippen LogP) is 4.72. The van der Waals surface area contributed by atoms with Gasteiger partial charge in [0.15, 0.2) is 5.16 Å². The maximum atomic E-state index is 13.4. The summed E-state index contributed by atoms with van der Waals surface area (Å²) < 4.78 is 17.1. The van der Waals surface area contributed by atoms with E-state index in [9.17, 15) is 9.59 Å². The lowest BCUT2D eigenvalue weighted by Crippen LogP contribution is -2.23. The summed E-state index contributed by atoms with van der Waals surface area (Å²) in [6.07, 6.45) is 5.01. The van der Waals surface area contributed by atoms with Gasteiger partial charge in [0, 0.05) is 23.9 Å². The molecule has 0 aliphatic rings. The second-order valence-electron chi connectivity index (χ2n) is 7.27. The summed E-state index contributed by atoms with van der Waals surface area (Å²) in [7, 11) is 4.64. The van der Waals surface area contributed by atoms with Crippen molar-refractivity contribution in [2.45, 2.75) is 12.1 Å². The normalized spacial score (nSPS) is 11.8. The molecule has 0 aliphatic heterocycles. The van der Waals surface area contributed by atoms with Crippen molar-refractivity contribution in [3.63, 3.8) is 0 Å². The Labute approximate surface area is 207 Å². The van der Waals surface area contributed by atoms with Crippen LogP contribution in [0.15, 0.2) is 83.0 Å². The quantitative estimate of drug-likeness (QED) is 0.189. The van der Waals surface area contributed by atoms with Gasteiger partial charge in [0.05, 0.1) is 49.4 Å². The molecule has 35 heavy (non-hydrogen) atoms. The molecule has 3 aromatic rings. The third kappa shape index (κ3) is 6.33. The molecule has 2 aromatic carbocycles. The van der Waals surface area contributed by atoms with Crippen LogP contribution in [0, 0.1) is 0 Å². The Kier molecular flexibility index (Phi) is 8.74. The summed E-state index contributed by atoms with van der Waals surface area (Å²) in [5.74, 6) is 1.50. The molecule has 1 N–H and O–H groups in total. The summed E-state index contributed by atoms with van der Waals surface area (Å²) in [6, 6.07) is 12.2. The first-order chi connectivity index (χ1) is 16.9. The Morgan fingerprint density at radius 3 is 2.43 bits per heavy atom. The number of aromatic nitrogens is 2. The minimum atomic E-state index is -0.279. The van der Waals surface area contributed by atoms with E-state index in [-0.39, 0.29) is 17.2 Å². The van der Waals surface area contributed by atoms with E-state index in [4.69, 9.17) is 14.2 Å². The molecule has 0 atom stereocenters. The van der Waals surface area contributed by atoms with Crippen LogP contribution in [0.25, 0.3) is 16.6 Å². The summed E-state index contributed by atoms with van der Waals surface area (Å²) in [6.45, 7) is 5.65. The number of ether oxygens (including phenoxy) is 3. The molecule has 1 amide bonds. The van der Waals surface area contributed by atoms with Gasteiger partial charge in [-0.3, -0.25) is 14.2 Å². The van der Waals surface area contributed by atoms with Crippen LogP contribution in [0.3, 0.4) is 0 Å². The number of methoxy groups -OCH3 is 3. The van der Waals surface area contributed by atoms with E-state index in [1.54, 1.807) is 68.7 Å². The molecule has 0 radical (unpaired) electrons. The number of hydrogen-bond donors (Lipinski definition) is 1. The number of nitrogens with one attached hydrogen (secondary N) is 1. The molecule has 0 saturated carbocycles. The number of carbonyl (C=O) groups is 1. The Morgan fingerprint density at radius 2 is 1.80 bits per heavy atom. The van der Waals surface area contributed by atoms with E-state index in [0.717, 1.165) is 11.8 Å². The third-order valence-corrected chi connectivity index (χ3v) is 5.93. The average Bonchev–Trinajstić information content (AvgIpc) is 2.88. The molecule has 1 aromatic heterocycles. The highest BCUT2D eigenvalue weighted by molar-refractivity contribution is 7.99. The van der Waals surface area contributed by atoms with Gasteiger partial charge in [-0.15, -0.1) is 0 Å². The number of fused-ring (bicyclic) bond motifs is 1. The van der Waals surface area contributed by atoms with Crippen LogP contribution >= 0.6 is 11.8 Å². The molecule has 3 rings (SSSR count). The number of para-hydroxylation sites is 1. The van der Waals surface area contributed by atoms with Gasteiger partial charge in [-0.2, -0.15) is 0 Å². The van der Waals surface area contributed by atoms with Gasteiger partial charge in [-0.05, 0) is 37.3 Å². The van der Waals surface area contributed by atoms with Crippen LogP contribution in [-0.4, -0.2) is 42.5 Å². The molecule has 1 heterocycles. The van der Waals surface area contributed by atoms with Crippen molar-refractivity contribution in [3.8, 4) is 11.5 Å². The van der Waals surface area contributed by atoms with Crippen LogP contribution in [0.4, 0.5) is 5.69 Å². The Hall–Kier alpha value is -3.98. The summed E-state index contributed by atoms with van der Waals surface area (Å²) in [4.78, 5) is 30.8. The van der Waals surface area contributed by atoms with E-state index in [0.29, 0.717) is 44.7 Å². The third-order valence-electron chi connectivity index (χ3n) is 4.99. The fraction of sp³-hybridized carbons (Fsp3) is 0.192. The standard InChI is InChI=1S/C26H27N3O5S/c1-6-19(12-11-17(2)32-3)29-25(31)22-9-7-8-10-23(22)28-26(29)35-16-24(30)27-18-13-20(33-4)15-21(14-18)34-5/h6-15H,1,16H2,2-5H3,(H,27,30). The molecule has 0 spiro atoms. The van der Waals surface area contributed by atoms with Gasteiger partial charge >= 0.3 is 0 Å². The molecule has 0 unspecified atom stereocenters. The van der Waals surface area contributed by atoms with Gasteiger partial charge in [0.25, 0.3) is 5.56 Å². The molecule has 0 aliphatic carbocycles. The fourth-order valence-electron chi connectivity index (χ4n) is 3.15. The molecular formula is C26H27N3O5S. The van der Waals surface area contributed by atoms with Crippen molar-refractivity contribution in [3.05, 3.63) is 83.4 Å². The van der Waals surface area contributed by atoms with Gasteiger partial charge in [0.2, 0.25) is 5.91 Å². The molecular weight excluding hydrogens is 466 g/mol. The van der Waals surface area contributed by atoms with Crippen molar-refractivity contribution in [1.29, 1.82) is 0 Å². The lowest BCUT2D eigenvalue weighted by molar-refractivity contribution is -0.113. The van der Waals surface area contributed by atoms with E-state index in [1.807, 2.05) is 6.07 Å². The zero-order valence-electron chi connectivity index (χ0n) is 20.0. The zero-order chi connectivity index (χ0) is 25.4. The molecule has 8 nitrogen and oxygen atoms in total. The predicted molar refractivity (Wildman–Crippen MR) is 140 cm³/mol. The van der Waals surface area contributed by atoms with Crippen LogP contribution in [0.2, 0.25) is 0 Å². The van der Waals surface area contributed by atoms with Crippen molar-refractivity contribution < 1.29 is 19.0 Å². The van der Waals surface area contributed by atoms with E-state index in [2.05, 4.69) is 16.9 Å². The monoisotopic (exact) mass is 493 g/mol. The van der Waals surface area contributed by atoms with E-state index in [1.165, 1.54) is 18.8 Å². The molecule has 182 valence electrons. The molecule has 0 bridgehead atoms. The highest BCUT2D eigenvalue weighted by Crippen LogP contribution is 2.26. The number of thioether (sulfide) groups is 1. The number of carbonyl (C=O) groups excluding carboxylic acids is 1. The van der Waals surface area contributed by atoms with Crippen molar-refractivity contribution in [2.24, 2.45) is 0 Å². The first kappa shape index (κ1) is 25.6. The highest BCUT2D eigenvalue weighted by Gasteiger charge is 2.15. The number of amides is 1. The largest absolute Gasteiger partial charge is 0.501 e. The van der Waals surface area contributed by atoms with Crippen LogP contribution in [0.1, 0.15) is 6.92 Å². The first-order valence-electron chi connectivity index (χ1n) is 10.6. The lowest BCUT2D eigenvalue weighted by Gasteiger charge is -2.14. The molecule has 0 fully saturated rings. The summed E-state index contributed by atoms with van der Waals surface area (Å²) >= 11 is 1.14. The average molecular weight is 494 g/mol. The van der Waals surface area contributed by atoms with Crippen LogP contribution < -0.4 is 20.3 Å². The smallest absolute Gasteiger partial charge is 0.266 e. The van der Waals surface area contributed by atoms with E-state index >= 15 is 0 Å². The minimum Gasteiger partial charge on any atom is -0.501 e. The van der Waals surface area contributed by atoms with Gasteiger partial charge in [-0.1, -0.05) is 30.5 Å². The number of hydrogen-bond acceptors (Lipinski definition) is 7. The van der Waals surface area contributed by atoms with Gasteiger partial charge in [0.1, 0.15) is 11.5 Å². The zero-order valence-corrected chi connectivity index (χ0v) is 20.8. The number of rotatable bonds is 10. The van der Waals surface area contributed by atoms with Crippen LogP contribution in [0.5, 0.6) is 11.5 Å². The summed E-state index contributed by atoms with van der Waals surface area (Å²) in [5.41, 5.74) is 1.32. The molecule has 9 heteroatoms. The number of nitrogens with zero attached hydrogens (tertiary/aromatic N) is 2. The lowest BCUT2D eigenvalue weighted by atomic mass is 10.2. The number of benzene rings is 2. The Bertz CT molecular complexity index is 1340. The second kappa shape index (κ2) is 11.9. The number of allylic oxidation sites excluding steroid dienone is 5. The number of anilines is 1. The topological polar surface area (TPSA) is 91.7 Å². The first-order valence-corrected chi connectivity index (χ1v) is 11.6. The fourth-order valence-corrected chi connectivity index (χ4v) is 3.96. The maximum Gasteiger partial charge on any atom is 0.266 e. The minimum absolute atomic E-state index is 0.0155. The van der Waals surface area contributed by atoms with Crippen LogP contribution in [-0.2, 0) is 9.53 Å². The van der Waals surface area contributed by atoms with Gasteiger partial charge < -0.3 is 19.5 Å². The van der Waals surface area contributed by atoms with Crippen molar-refractivity contribution in [1.82, 2.24) is 9.55 Å². The second-order valence-corrected chi connectivity index (χ2v) is 8.21. The Morgan fingerprint density at radius 1 is 1.11 bits per heavy atom. The van der Waals surface area contributed by atoms with E-state index < -0.39 is 0 Å². The summed E-state index contributed by atoms with van der Waals surface area (Å²) in [5, 5.41) is 3.65. The van der Waals surface area contributed by atoms with Gasteiger partial charge in [-0.25, -0.2) is 4.98 Å². The maximum absolute atomic E-state index is 13.4. The molecule has 0 saturated heterocycles. The van der Waals surface area contributed by atoms with Crippen molar-refractivity contribution >= 4 is 40.0 Å². The SMILES string of the molecule is C=CC(=CC=C(C)OC)n1c(SCC(=O)Nc2cc(OC)cc(OC)c2)nc2ccccc2c1=O. The van der Waals surface area contributed by atoms with Crippen molar-refractivity contribution in [2.75, 3.05) is 32.4 Å². The Balaban J connectivity index is 1.95. The highest BCUT2D eigenvalue weighted by atomic mass is 32.2.